The van der Waals surface area contributed by atoms with Gasteiger partial charge >= 0.3 is 21.5 Å². The molecule has 0 unspecified atom stereocenters. The van der Waals surface area contributed by atoms with Crippen LogP contribution in [0.15, 0.2) is 0 Å². The number of hydrogen-bond acceptors (Lipinski definition) is 3. The van der Waals surface area contributed by atoms with Crippen LogP contribution in [0, 0.1) is 0 Å². The molecule has 0 saturated carbocycles. The monoisotopic (exact) mass is 371 g/mol. The van der Waals surface area contributed by atoms with Crippen molar-refractivity contribution < 1.29 is 34.9 Å². The Labute approximate surface area is 134 Å². The molecule has 0 aromatic heterocycles. The third-order valence-corrected chi connectivity index (χ3v) is 3.76. The molecule has 0 amide bonds. The number of unbranched alkanes of at least 4 members (excludes halogenated alkanes) is 6. The number of nitrogens with one attached hydrogen (secondary N) is 1. The first kappa shape index (κ1) is 24.8. The molecule has 142 valence electrons. The highest BCUT2D eigenvalue weighted by Gasteiger charge is 2.42. The van der Waals surface area contributed by atoms with Crippen LogP contribution < -0.4 is 5.32 Å². The second kappa shape index (κ2) is 12.0. The Kier molecular flexibility index (Phi) is 12.9. The Morgan fingerprint density at radius 3 is 1.39 bits per heavy atom. The molecule has 0 fully saturated rings. The summed E-state index contributed by atoms with van der Waals surface area (Å²) in [6.45, 7) is 0. The van der Waals surface area contributed by atoms with Gasteiger partial charge in [-0.05, 0) is 26.9 Å². The van der Waals surface area contributed by atoms with Crippen LogP contribution in [0.4, 0.5) is 22.0 Å². The van der Waals surface area contributed by atoms with E-state index in [9.17, 15) is 30.4 Å². The lowest BCUT2D eigenvalue weighted by molar-refractivity contribution is -0.135. The van der Waals surface area contributed by atoms with Crippen LogP contribution in [0.3, 0.4) is 0 Å². The smallest absolute Gasteiger partial charge is 0.323 e. The molecule has 0 rings (SSSR count). The van der Waals surface area contributed by atoms with Crippen LogP contribution in [-0.2, 0) is 10.1 Å². The van der Waals surface area contributed by atoms with Crippen LogP contribution in [0.1, 0.15) is 57.8 Å². The van der Waals surface area contributed by atoms with E-state index in [2.05, 4.69) is 5.32 Å². The zero-order valence-corrected chi connectivity index (χ0v) is 14.2. The van der Waals surface area contributed by atoms with Gasteiger partial charge in [0.25, 0.3) is 0 Å². The molecule has 0 heterocycles. The molecule has 0 aliphatic heterocycles. The fourth-order valence-electron chi connectivity index (χ4n) is 1.67. The molecule has 0 atom stereocenters. The maximum Gasteiger partial charge on any atom is 0.389 e. The maximum atomic E-state index is 12.8. The highest BCUT2D eigenvalue weighted by molar-refractivity contribution is 7.86. The van der Waals surface area contributed by atoms with E-state index in [1.165, 1.54) is 0 Å². The van der Waals surface area contributed by atoms with Crippen molar-refractivity contribution in [3.63, 3.8) is 0 Å². The summed E-state index contributed by atoms with van der Waals surface area (Å²) in [5.41, 5.74) is 0. The lowest BCUT2D eigenvalue weighted by Crippen LogP contribution is -2.27. The zero-order valence-electron chi connectivity index (χ0n) is 13.4. The summed E-state index contributed by atoms with van der Waals surface area (Å²) in [5.74, 6) is 0. The molecule has 0 saturated heterocycles. The number of halogens is 5. The van der Waals surface area contributed by atoms with Crippen molar-refractivity contribution in [1.82, 2.24) is 5.32 Å². The summed E-state index contributed by atoms with van der Waals surface area (Å²) < 4.78 is 89.8. The van der Waals surface area contributed by atoms with Crippen molar-refractivity contribution >= 4 is 10.1 Å². The van der Waals surface area contributed by atoms with Gasteiger partial charge < -0.3 is 5.32 Å². The summed E-state index contributed by atoms with van der Waals surface area (Å²) in [6.07, 6.45) is -3.35. The van der Waals surface area contributed by atoms with Crippen molar-refractivity contribution in [1.29, 1.82) is 0 Å². The number of alkyl halides is 5. The lowest BCUT2D eigenvalue weighted by Gasteiger charge is -2.12. The highest BCUT2D eigenvalue weighted by Crippen LogP contribution is 2.27. The predicted octanol–water partition coefficient (Wildman–Crippen LogP) is 4.38. The van der Waals surface area contributed by atoms with Crippen LogP contribution in [0.5, 0.6) is 0 Å². The molecule has 0 radical (unpaired) electrons. The van der Waals surface area contributed by atoms with E-state index in [4.69, 9.17) is 4.55 Å². The van der Waals surface area contributed by atoms with Crippen molar-refractivity contribution in [2.45, 2.75) is 69.2 Å². The average Bonchev–Trinajstić information content (AvgIpc) is 2.35. The van der Waals surface area contributed by atoms with Gasteiger partial charge in [-0.25, -0.2) is 0 Å². The zero-order chi connectivity index (χ0) is 18.6. The minimum atomic E-state index is -5.36. The second-order valence-electron chi connectivity index (χ2n) is 5.20. The molecular formula is C13H26F5NO3S. The summed E-state index contributed by atoms with van der Waals surface area (Å²) in [7, 11) is -1.61. The van der Waals surface area contributed by atoms with E-state index >= 15 is 0 Å². The molecule has 0 bridgehead atoms. The lowest BCUT2D eigenvalue weighted by atomic mass is 10.1. The van der Waals surface area contributed by atoms with E-state index in [1.807, 2.05) is 14.1 Å². The van der Waals surface area contributed by atoms with E-state index in [1.54, 1.807) is 0 Å². The SMILES string of the molecule is CNC.O=S(=O)(O)C(F)(F)CCCCCCCCCC(F)(F)F. The first-order valence-corrected chi connectivity index (χ1v) is 8.81. The molecule has 0 aromatic rings. The molecule has 0 aliphatic carbocycles. The molecular weight excluding hydrogens is 345 g/mol. The maximum absolute atomic E-state index is 12.8. The average molecular weight is 371 g/mol. The van der Waals surface area contributed by atoms with Gasteiger partial charge in [0.2, 0.25) is 0 Å². The van der Waals surface area contributed by atoms with Crippen LogP contribution in [-0.4, -0.2) is 38.5 Å². The van der Waals surface area contributed by atoms with E-state index < -0.39 is 34.4 Å². The van der Waals surface area contributed by atoms with Gasteiger partial charge in [-0.15, -0.1) is 0 Å². The largest absolute Gasteiger partial charge is 0.389 e. The van der Waals surface area contributed by atoms with Gasteiger partial charge in [0, 0.05) is 12.8 Å². The molecule has 0 aliphatic rings. The standard InChI is InChI=1S/C11H19F5O3S.C2H7N/c12-10(13,14)8-6-4-2-1-3-5-7-9-11(15,16)20(17,18)19;1-3-2/h1-9H2,(H,17,18,19);3H,1-2H3. The minimum Gasteiger partial charge on any atom is -0.323 e. The number of rotatable bonds is 10. The van der Waals surface area contributed by atoms with E-state index in [-0.39, 0.29) is 12.8 Å². The normalized spacial score (nSPS) is 12.7. The van der Waals surface area contributed by atoms with E-state index in [0.29, 0.717) is 32.1 Å². The minimum absolute atomic E-state index is 0.0598. The summed E-state index contributed by atoms with van der Waals surface area (Å²) in [4.78, 5) is 0. The number of hydrogen-bond donors (Lipinski definition) is 2. The summed E-state index contributed by atoms with van der Waals surface area (Å²) >= 11 is 0. The molecule has 4 nitrogen and oxygen atoms in total. The Balaban J connectivity index is 0. The Morgan fingerprint density at radius 1 is 0.783 bits per heavy atom. The topological polar surface area (TPSA) is 66.4 Å². The molecule has 10 heteroatoms. The van der Waals surface area contributed by atoms with Crippen molar-refractivity contribution in [3.05, 3.63) is 0 Å². The summed E-state index contributed by atoms with van der Waals surface area (Å²) in [5, 5.41) is -1.38. The Morgan fingerprint density at radius 2 is 1.09 bits per heavy atom. The fourth-order valence-corrected chi connectivity index (χ4v) is 2.07. The predicted molar refractivity (Wildman–Crippen MR) is 79.1 cm³/mol. The quantitative estimate of drug-likeness (QED) is 0.340. The van der Waals surface area contributed by atoms with Crippen LogP contribution in [0.2, 0.25) is 0 Å². The van der Waals surface area contributed by atoms with Crippen molar-refractivity contribution in [2.75, 3.05) is 14.1 Å². The van der Waals surface area contributed by atoms with E-state index in [0.717, 1.165) is 0 Å². The van der Waals surface area contributed by atoms with Crippen LogP contribution in [0.25, 0.3) is 0 Å². The van der Waals surface area contributed by atoms with Crippen molar-refractivity contribution in [3.8, 4) is 0 Å². The Bertz CT molecular complexity index is 386. The van der Waals surface area contributed by atoms with Gasteiger partial charge in [0.1, 0.15) is 0 Å². The fraction of sp³-hybridized carbons (Fsp3) is 1.00. The van der Waals surface area contributed by atoms with Gasteiger partial charge in [-0.3, -0.25) is 4.55 Å². The third-order valence-electron chi connectivity index (χ3n) is 2.81. The molecule has 23 heavy (non-hydrogen) atoms. The molecule has 2 N–H and O–H groups in total. The second-order valence-corrected chi connectivity index (χ2v) is 6.75. The van der Waals surface area contributed by atoms with Gasteiger partial charge in [0.05, 0.1) is 0 Å². The van der Waals surface area contributed by atoms with Crippen LogP contribution >= 0.6 is 0 Å². The highest BCUT2D eigenvalue weighted by atomic mass is 32.2. The third kappa shape index (κ3) is 16.2. The van der Waals surface area contributed by atoms with Gasteiger partial charge in [-0.2, -0.15) is 30.4 Å². The van der Waals surface area contributed by atoms with Crippen molar-refractivity contribution in [2.24, 2.45) is 0 Å². The first-order valence-electron chi connectivity index (χ1n) is 7.37. The first-order chi connectivity index (χ1) is 10.4. The van der Waals surface area contributed by atoms with Gasteiger partial charge in [0.15, 0.2) is 0 Å². The van der Waals surface area contributed by atoms with Gasteiger partial charge in [-0.1, -0.05) is 32.1 Å². The molecule has 0 spiro atoms. The summed E-state index contributed by atoms with van der Waals surface area (Å²) in [6, 6.07) is 0. The molecule has 0 aromatic carbocycles. The Hall–Kier alpha value is -0.480.